The first-order valence-electron chi connectivity index (χ1n) is 3.71. The van der Waals surface area contributed by atoms with Gasteiger partial charge in [-0.1, -0.05) is 24.3 Å². The van der Waals surface area contributed by atoms with Gasteiger partial charge in [-0.15, -0.1) is 9.24 Å². The smallest absolute Gasteiger partial charge is 0.000869 e. The van der Waals surface area contributed by atoms with Crippen LogP contribution in [-0.4, -0.2) is 0 Å². The molecule has 0 aliphatic heterocycles. The van der Waals surface area contributed by atoms with E-state index < -0.39 is 0 Å². The average molecular weight is 150 g/mol. The van der Waals surface area contributed by atoms with Gasteiger partial charge in [-0.2, -0.15) is 0 Å². The third-order valence-electron chi connectivity index (χ3n) is 2.18. The maximum absolute atomic E-state index is 2.90. The van der Waals surface area contributed by atoms with Crippen molar-refractivity contribution in [3.8, 4) is 0 Å². The molecule has 10 heavy (non-hydrogen) atoms. The van der Waals surface area contributed by atoms with Crippen LogP contribution in [0, 0.1) is 0 Å². The summed E-state index contributed by atoms with van der Waals surface area (Å²) >= 11 is 0. The van der Waals surface area contributed by atoms with Crippen molar-refractivity contribution in [2.75, 3.05) is 0 Å². The Morgan fingerprint density at radius 3 is 2.90 bits per heavy atom. The molecule has 1 aliphatic carbocycles. The molecule has 0 amide bonds. The molecule has 1 aromatic carbocycles. The Morgan fingerprint density at radius 2 is 2.10 bits per heavy atom. The lowest BCUT2D eigenvalue weighted by Crippen LogP contribution is -1.80. The van der Waals surface area contributed by atoms with Crippen LogP contribution in [0.2, 0.25) is 0 Å². The average Bonchev–Trinajstić information content (AvgIpc) is 2.34. The van der Waals surface area contributed by atoms with Gasteiger partial charge < -0.3 is 0 Å². The van der Waals surface area contributed by atoms with Crippen molar-refractivity contribution in [1.29, 1.82) is 0 Å². The van der Waals surface area contributed by atoms with Crippen molar-refractivity contribution in [3.63, 3.8) is 0 Å². The van der Waals surface area contributed by atoms with Crippen LogP contribution in [0.5, 0.6) is 0 Å². The summed E-state index contributed by atoms with van der Waals surface area (Å²) < 4.78 is 0. The molecular formula is C9H11P. The first-order valence-corrected chi connectivity index (χ1v) is 4.38. The standard InChI is InChI=1S/C9H11P/c10-9-6-5-7-3-1-2-4-8(7)9/h1-4,9H,5-6,10H2. The van der Waals surface area contributed by atoms with Gasteiger partial charge in [-0.05, 0) is 29.6 Å². The zero-order valence-corrected chi connectivity index (χ0v) is 7.03. The van der Waals surface area contributed by atoms with Crippen LogP contribution in [0.3, 0.4) is 0 Å². The number of hydrogen-bond donors (Lipinski definition) is 0. The fourth-order valence-corrected chi connectivity index (χ4v) is 2.08. The molecule has 52 valence electrons. The molecule has 0 N–H and O–H groups in total. The zero-order chi connectivity index (χ0) is 6.97. The second kappa shape index (κ2) is 2.36. The van der Waals surface area contributed by atoms with Crippen molar-refractivity contribution < 1.29 is 0 Å². The van der Waals surface area contributed by atoms with Gasteiger partial charge in [0.2, 0.25) is 0 Å². The van der Waals surface area contributed by atoms with Gasteiger partial charge in [0.25, 0.3) is 0 Å². The molecule has 0 heterocycles. The normalized spacial score (nSPS) is 22.7. The fraction of sp³-hybridized carbons (Fsp3) is 0.333. The van der Waals surface area contributed by atoms with Crippen LogP contribution in [0.15, 0.2) is 24.3 Å². The van der Waals surface area contributed by atoms with Gasteiger partial charge in [0, 0.05) is 0 Å². The van der Waals surface area contributed by atoms with Gasteiger partial charge >= 0.3 is 0 Å². The molecule has 1 heteroatoms. The highest BCUT2D eigenvalue weighted by Gasteiger charge is 2.16. The van der Waals surface area contributed by atoms with Crippen LogP contribution < -0.4 is 0 Å². The Balaban J connectivity index is 2.51. The molecule has 0 saturated carbocycles. The number of aryl methyl sites for hydroxylation is 1. The van der Waals surface area contributed by atoms with Gasteiger partial charge in [0.15, 0.2) is 0 Å². The molecule has 1 aliphatic rings. The number of fused-ring (bicyclic) bond motifs is 1. The molecule has 0 nitrogen and oxygen atoms in total. The molecule has 0 spiro atoms. The Morgan fingerprint density at radius 1 is 1.30 bits per heavy atom. The topological polar surface area (TPSA) is 0 Å². The zero-order valence-electron chi connectivity index (χ0n) is 5.88. The van der Waals surface area contributed by atoms with Crippen LogP contribution in [-0.2, 0) is 6.42 Å². The highest BCUT2D eigenvalue weighted by Crippen LogP contribution is 2.36. The van der Waals surface area contributed by atoms with E-state index in [4.69, 9.17) is 0 Å². The Labute approximate surface area is 63.9 Å². The Hall–Kier alpha value is -0.350. The van der Waals surface area contributed by atoms with Gasteiger partial charge in [0.1, 0.15) is 0 Å². The van der Waals surface area contributed by atoms with E-state index in [0.717, 1.165) is 5.66 Å². The lowest BCUT2D eigenvalue weighted by atomic mass is 10.1. The van der Waals surface area contributed by atoms with E-state index in [1.807, 2.05) is 0 Å². The summed E-state index contributed by atoms with van der Waals surface area (Å²) in [5, 5.41) is 0. The molecule has 1 aromatic rings. The molecule has 2 unspecified atom stereocenters. The van der Waals surface area contributed by atoms with E-state index in [1.54, 1.807) is 5.56 Å². The fourth-order valence-electron chi connectivity index (χ4n) is 1.59. The van der Waals surface area contributed by atoms with E-state index in [1.165, 1.54) is 18.4 Å². The number of benzene rings is 1. The predicted octanol–water partition coefficient (Wildman–Crippen LogP) is 2.55. The molecule has 0 radical (unpaired) electrons. The minimum Gasteiger partial charge on any atom is -0.130 e. The molecule has 0 saturated heterocycles. The number of hydrogen-bond acceptors (Lipinski definition) is 0. The Kier molecular flexibility index (Phi) is 1.50. The van der Waals surface area contributed by atoms with E-state index in [2.05, 4.69) is 33.5 Å². The van der Waals surface area contributed by atoms with Gasteiger partial charge in [-0.25, -0.2) is 0 Å². The maximum Gasteiger partial charge on any atom is -0.000869 e. The summed E-state index contributed by atoms with van der Waals surface area (Å²) in [4.78, 5) is 0. The van der Waals surface area contributed by atoms with E-state index in [9.17, 15) is 0 Å². The molecule has 2 atom stereocenters. The largest absolute Gasteiger partial charge is 0.130 e. The van der Waals surface area contributed by atoms with E-state index in [-0.39, 0.29) is 0 Å². The molecule has 0 aromatic heterocycles. The highest BCUT2D eigenvalue weighted by atomic mass is 31.0. The van der Waals surface area contributed by atoms with Crippen molar-refractivity contribution in [3.05, 3.63) is 35.4 Å². The van der Waals surface area contributed by atoms with Crippen molar-refractivity contribution in [2.45, 2.75) is 18.5 Å². The summed E-state index contributed by atoms with van der Waals surface area (Å²) in [6, 6.07) is 8.72. The van der Waals surface area contributed by atoms with Gasteiger partial charge in [0.05, 0.1) is 0 Å². The van der Waals surface area contributed by atoms with E-state index >= 15 is 0 Å². The lowest BCUT2D eigenvalue weighted by molar-refractivity contribution is 0.892. The SMILES string of the molecule is PC1CCc2ccccc21. The minimum absolute atomic E-state index is 0.719. The second-order valence-electron chi connectivity index (χ2n) is 2.84. The minimum atomic E-state index is 0.719. The summed E-state index contributed by atoms with van der Waals surface area (Å²) in [5.41, 5.74) is 3.80. The third-order valence-corrected chi connectivity index (χ3v) is 2.87. The summed E-state index contributed by atoms with van der Waals surface area (Å²) in [6.45, 7) is 0. The van der Waals surface area contributed by atoms with Gasteiger partial charge in [-0.3, -0.25) is 0 Å². The molecule has 0 bridgehead atoms. The number of rotatable bonds is 0. The monoisotopic (exact) mass is 150 g/mol. The first kappa shape index (κ1) is 6.37. The molecule has 0 fully saturated rings. The molecule has 2 rings (SSSR count). The summed E-state index contributed by atoms with van der Waals surface area (Å²) in [7, 11) is 2.90. The lowest BCUT2D eigenvalue weighted by Gasteiger charge is -2.01. The van der Waals surface area contributed by atoms with Crippen molar-refractivity contribution >= 4 is 9.24 Å². The van der Waals surface area contributed by atoms with Crippen LogP contribution >= 0.6 is 9.24 Å². The second-order valence-corrected chi connectivity index (χ2v) is 3.65. The van der Waals surface area contributed by atoms with Crippen LogP contribution in [0.25, 0.3) is 0 Å². The van der Waals surface area contributed by atoms with E-state index in [0.29, 0.717) is 0 Å². The quantitative estimate of drug-likeness (QED) is 0.498. The molecular weight excluding hydrogens is 139 g/mol. The van der Waals surface area contributed by atoms with Crippen LogP contribution in [0.1, 0.15) is 23.2 Å². The Bertz CT molecular complexity index is 242. The first-order chi connectivity index (χ1) is 4.88. The van der Waals surface area contributed by atoms with Crippen molar-refractivity contribution in [2.24, 2.45) is 0 Å². The van der Waals surface area contributed by atoms with Crippen LogP contribution in [0.4, 0.5) is 0 Å². The third kappa shape index (κ3) is 0.876. The maximum atomic E-state index is 2.90. The van der Waals surface area contributed by atoms with Crippen molar-refractivity contribution in [1.82, 2.24) is 0 Å². The predicted molar refractivity (Wildman–Crippen MR) is 47.2 cm³/mol. The highest BCUT2D eigenvalue weighted by molar-refractivity contribution is 7.17. The summed E-state index contributed by atoms with van der Waals surface area (Å²) in [5.74, 6) is 0. The summed E-state index contributed by atoms with van der Waals surface area (Å²) in [6.07, 6.45) is 2.58.